The fraction of sp³-hybridized carbons (Fsp3) is 0.200. The van der Waals surface area contributed by atoms with E-state index in [1.807, 2.05) is 0 Å². The van der Waals surface area contributed by atoms with Crippen molar-refractivity contribution in [3.05, 3.63) is 66.6 Å². The third kappa shape index (κ3) is 5.36. The highest BCUT2D eigenvalue weighted by Crippen LogP contribution is 2.33. The monoisotopic (exact) mass is 625 g/mol. The zero-order valence-corrected chi connectivity index (χ0v) is 23.1. The number of hydrogen-bond donors (Lipinski definition) is 6. The Morgan fingerprint density at radius 2 is 1.77 bits per heavy atom. The molecule has 18 nitrogen and oxygen atoms in total. The molecule has 0 saturated carbocycles. The minimum Gasteiger partial charge on any atom is -0.507 e. The third-order valence-electron chi connectivity index (χ3n) is 6.68. The van der Waals surface area contributed by atoms with Gasteiger partial charge >= 0.3 is 10.3 Å². The summed E-state index contributed by atoms with van der Waals surface area (Å²) in [5, 5.41) is 49.3. The molecule has 1 aliphatic rings. The van der Waals surface area contributed by atoms with Gasteiger partial charge in [-0.2, -0.15) is 23.1 Å². The van der Waals surface area contributed by atoms with Gasteiger partial charge in [0.2, 0.25) is 0 Å². The van der Waals surface area contributed by atoms with Gasteiger partial charge in [0.15, 0.2) is 17.7 Å². The van der Waals surface area contributed by atoms with E-state index in [1.54, 1.807) is 22.9 Å². The maximum Gasteiger partial charge on any atom is 0.362 e. The number of nitrogens with one attached hydrogen (secondary N) is 1. The lowest BCUT2D eigenvalue weighted by atomic mass is 10.1. The second kappa shape index (κ2) is 11.1. The normalized spacial score (nSPS) is 20.2. The smallest absolute Gasteiger partial charge is 0.362 e. The van der Waals surface area contributed by atoms with Crippen LogP contribution in [0.15, 0.2) is 61.1 Å². The molecule has 7 N–H and O–H groups in total. The number of benzene rings is 2. The van der Waals surface area contributed by atoms with Crippen LogP contribution < -0.4 is 10.5 Å². The number of hydrogen-bond acceptors (Lipinski definition) is 15. The number of ether oxygens (including phenoxy) is 1. The molecule has 0 spiro atoms. The standard InChI is InChI=1S/C25H23N9O9S/c26-21-18-22(29-25(28-21)34-9-14(30-32-34)12-5-1-3-7-15(12)35)33(11-27-18)24-20(38)19(37)17(43-24)10-42-44(40,41)31-23(39)13-6-2-4-8-16(13)36/h1-9,11,17,19-20,24,35-38H,10H2,(H,31,39)(H2,26,28,29)/t17-,19-,20-,24-/m0/s1. The first-order chi connectivity index (χ1) is 21.0. The molecule has 228 valence electrons. The first-order valence-corrected chi connectivity index (χ1v) is 14.2. The number of phenolic OH excluding ortho intramolecular Hbond substituents is 2. The van der Waals surface area contributed by atoms with E-state index in [1.165, 1.54) is 52.1 Å². The second-order valence-electron chi connectivity index (χ2n) is 9.53. The van der Waals surface area contributed by atoms with E-state index in [2.05, 4.69) is 25.3 Å². The van der Waals surface area contributed by atoms with E-state index >= 15 is 0 Å². The molecule has 19 heteroatoms. The maximum atomic E-state index is 12.4. The summed E-state index contributed by atoms with van der Waals surface area (Å²) in [4.78, 5) is 25.0. The number of aromatic nitrogens is 7. The second-order valence-corrected chi connectivity index (χ2v) is 10.9. The molecule has 0 radical (unpaired) electrons. The molecular formula is C25H23N9O9S. The van der Waals surface area contributed by atoms with Gasteiger partial charge in [-0.15, -0.1) is 5.10 Å². The topological polar surface area (TPSA) is 263 Å². The molecular weight excluding hydrogens is 602 g/mol. The number of carbonyl (C=O) groups excluding carboxylic acids is 1. The summed E-state index contributed by atoms with van der Waals surface area (Å²) in [6, 6.07) is 11.8. The minimum atomic E-state index is -4.71. The number of amides is 1. The number of phenols is 2. The number of rotatable bonds is 8. The van der Waals surface area contributed by atoms with Gasteiger partial charge in [-0.25, -0.2) is 9.71 Å². The minimum absolute atomic E-state index is 0.0105. The molecule has 2 aromatic carbocycles. The van der Waals surface area contributed by atoms with Crippen molar-refractivity contribution in [3.8, 4) is 28.7 Å². The first kappa shape index (κ1) is 28.9. The van der Waals surface area contributed by atoms with Gasteiger partial charge in [-0.05, 0) is 24.3 Å². The van der Waals surface area contributed by atoms with Crippen LogP contribution >= 0.6 is 0 Å². The van der Waals surface area contributed by atoms with Crippen LogP contribution in [0, 0.1) is 0 Å². The number of anilines is 1. The number of nitrogens with zero attached hydrogens (tertiary/aromatic N) is 7. The molecule has 0 bridgehead atoms. The van der Waals surface area contributed by atoms with E-state index < -0.39 is 53.1 Å². The maximum absolute atomic E-state index is 12.4. The molecule has 4 atom stereocenters. The van der Waals surface area contributed by atoms with Crippen LogP contribution in [0.25, 0.3) is 28.4 Å². The van der Waals surface area contributed by atoms with Crippen LogP contribution in [0.2, 0.25) is 0 Å². The van der Waals surface area contributed by atoms with Crippen LogP contribution in [0.3, 0.4) is 0 Å². The molecule has 5 aromatic rings. The van der Waals surface area contributed by atoms with Crippen molar-refractivity contribution in [1.29, 1.82) is 0 Å². The molecule has 0 aliphatic carbocycles. The fourth-order valence-electron chi connectivity index (χ4n) is 4.51. The lowest BCUT2D eigenvalue weighted by molar-refractivity contribution is -0.0468. The predicted molar refractivity (Wildman–Crippen MR) is 148 cm³/mol. The quantitative estimate of drug-likeness (QED) is 0.125. The molecule has 1 fully saturated rings. The SMILES string of the molecule is Nc1nc(-n2cc(-c3ccccc3O)nn2)nc2c1ncn2[C@H]1O[C@@H](COS(=O)(=O)NC(=O)c2ccccc2O)[C@H](O)[C@@H]1O. The van der Waals surface area contributed by atoms with Crippen molar-refractivity contribution in [3.63, 3.8) is 0 Å². The van der Waals surface area contributed by atoms with Gasteiger partial charge in [0.25, 0.3) is 11.9 Å². The lowest BCUT2D eigenvalue weighted by Gasteiger charge is -2.16. The fourth-order valence-corrected chi connectivity index (χ4v) is 5.22. The Kier molecular flexibility index (Phi) is 7.31. The highest BCUT2D eigenvalue weighted by Gasteiger charge is 2.45. The zero-order valence-electron chi connectivity index (χ0n) is 22.2. The Balaban J connectivity index is 1.20. The zero-order chi connectivity index (χ0) is 31.2. The summed E-state index contributed by atoms with van der Waals surface area (Å²) < 4.78 is 39.4. The number of nitrogen functional groups attached to an aromatic ring is 1. The number of aromatic hydroxyl groups is 2. The van der Waals surface area contributed by atoms with Crippen LogP contribution in [-0.2, 0) is 19.2 Å². The number of imidazole rings is 1. The summed E-state index contributed by atoms with van der Waals surface area (Å²) in [5.74, 6) is -1.69. The van der Waals surface area contributed by atoms with Crippen LogP contribution in [-0.4, -0.2) is 94.2 Å². The van der Waals surface area contributed by atoms with Gasteiger partial charge in [0, 0.05) is 5.56 Å². The molecule has 1 aliphatic heterocycles. The van der Waals surface area contributed by atoms with Gasteiger partial charge in [0.1, 0.15) is 41.0 Å². The van der Waals surface area contributed by atoms with E-state index in [4.69, 9.17) is 14.7 Å². The van der Waals surface area contributed by atoms with Crippen molar-refractivity contribution in [2.24, 2.45) is 0 Å². The van der Waals surface area contributed by atoms with Crippen LogP contribution in [0.5, 0.6) is 11.5 Å². The van der Waals surface area contributed by atoms with Crippen molar-refractivity contribution in [1.82, 2.24) is 39.2 Å². The van der Waals surface area contributed by atoms with E-state index in [-0.39, 0.29) is 34.2 Å². The van der Waals surface area contributed by atoms with E-state index in [0.717, 1.165) is 0 Å². The summed E-state index contributed by atoms with van der Waals surface area (Å²) in [6.45, 7) is -0.790. The summed E-state index contributed by atoms with van der Waals surface area (Å²) in [7, 11) is -4.71. The first-order valence-electron chi connectivity index (χ1n) is 12.7. The number of carbonyl (C=O) groups is 1. The van der Waals surface area contributed by atoms with Gasteiger partial charge in [-0.3, -0.25) is 13.5 Å². The molecule has 0 unspecified atom stereocenters. The number of para-hydroxylation sites is 2. The van der Waals surface area contributed by atoms with Gasteiger partial charge in [0.05, 0.1) is 24.7 Å². The predicted octanol–water partition coefficient (Wildman–Crippen LogP) is -0.622. The average Bonchev–Trinajstić information content (AvgIpc) is 3.71. The largest absolute Gasteiger partial charge is 0.507 e. The highest BCUT2D eigenvalue weighted by atomic mass is 32.2. The Bertz CT molecular complexity index is 1980. The molecule has 1 saturated heterocycles. The Hall–Kier alpha value is -5.21. The Labute approximate surface area is 247 Å². The third-order valence-corrected chi connectivity index (χ3v) is 7.56. The number of aliphatic hydroxyl groups excluding tert-OH is 2. The summed E-state index contributed by atoms with van der Waals surface area (Å²) >= 11 is 0. The van der Waals surface area contributed by atoms with E-state index in [0.29, 0.717) is 11.3 Å². The molecule has 1 amide bonds. The van der Waals surface area contributed by atoms with Crippen LogP contribution in [0.4, 0.5) is 5.82 Å². The molecule has 6 rings (SSSR count). The van der Waals surface area contributed by atoms with Crippen molar-refractivity contribution in [2.45, 2.75) is 24.5 Å². The summed E-state index contributed by atoms with van der Waals surface area (Å²) in [5.41, 5.74) is 6.75. The van der Waals surface area contributed by atoms with Gasteiger partial charge in [-0.1, -0.05) is 29.5 Å². The van der Waals surface area contributed by atoms with Crippen molar-refractivity contribution in [2.75, 3.05) is 12.3 Å². The lowest BCUT2D eigenvalue weighted by Crippen LogP contribution is -2.37. The Morgan fingerprint density at radius 1 is 1.05 bits per heavy atom. The number of fused-ring (bicyclic) bond motifs is 1. The highest BCUT2D eigenvalue weighted by molar-refractivity contribution is 7.85. The number of nitrogens with two attached hydrogens (primary N) is 1. The van der Waals surface area contributed by atoms with Crippen LogP contribution in [0.1, 0.15) is 16.6 Å². The van der Waals surface area contributed by atoms with Gasteiger partial charge < -0.3 is 30.9 Å². The molecule has 44 heavy (non-hydrogen) atoms. The molecule has 4 heterocycles. The summed E-state index contributed by atoms with van der Waals surface area (Å²) in [6.07, 6.45) is -3.22. The average molecular weight is 626 g/mol. The molecule has 3 aromatic heterocycles. The van der Waals surface area contributed by atoms with E-state index in [9.17, 15) is 33.6 Å². The van der Waals surface area contributed by atoms with Crippen molar-refractivity contribution < 1.29 is 42.6 Å². The van der Waals surface area contributed by atoms with Crippen molar-refractivity contribution >= 4 is 33.2 Å². The Morgan fingerprint density at radius 3 is 2.52 bits per heavy atom. The number of aliphatic hydroxyl groups is 2.